The van der Waals surface area contributed by atoms with Crippen molar-refractivity contribution in [3.63, 3.8) is 0 Å². The lowest BCUT2D eigenvalue weighted by Crippen LogP contribution is -2.41. The van der Waals surface area contributed by atoms with E-state index in [0.717, 1.165) is 4.90 Å². The summed E-state index contributed by atoms with van der Waals surface area (Å²) in [6, 6.07) is 1.38. The molecule has 0 unspecified atom stereocenters. The van der Waals surface area contributed by atoms with Crippen molar-refractivity contribution in [3.05, 3.63) is 16.4 Å². The van der Waals surface area contributed by atoms with Crippen LogP contribution in [0.3, 0.4) is 0 Å². The highest BCUT2D eigenvalue weighted by molar-refractivity contribution is 6.33. The van der Waals surface area contributed by atoms with Crippen molar-refractivity contribution in [2.24, 2.45) is 0 Å². The van der Waals surface area contributed by atoms with Crippen molar-refractivity contribution in [3.8, 4) is 0 Å². The first kappa shape index (κ1) is 18.9. The van der Waals surface area contributed by atoms with Gasteiger partial charge in [0.1, 0.15) is 22.6 Å². The normalized spacial score (nSPS) is 12.2. The smallest absolute Gasteiger partial charge is 0.419 e. The van der Waals surface area contributed by atoms with Gasteiger partial charge >= 0.3 is 6.09 Å². The molecule has 6 nitrogen and oxygen atoms in total. The number of hydrogen-bond donors (Lipinski definition) is 0. The van der Waals surface area contributed by atoms with Crippen LogP contribution in [0.4, 0.5) is 10.7 Å². The molecule has 0 fully saturated rings. The number of anilines is 1. The highest BCUT2D eigenvalue weighted by Crippen LogP contribution is 2.21. The Morgan fingerprint density at radius 1 is 1.09 bits per heavy atom. The predicted molar refractivity (Wildman–Crippen MR) is 86.5 cm³/mol. The maximum Gasteiger partial charge on any atom is 0.419 e. The average molecular weight is 350 g/mol. The van der Waals surface area contributed by atoms with Gasteiger partial charge in [0.2, 0.25) is 5.95 Å². The van der Waals surface area contributed by atoms with Crippen molar-refractivity contribution in [1.82, 2.24) is 9.97 Å². The summed E-state index contributed by atoms with van der Waals surface area (Å²) in [4.78, 5) is 21.5. The largest absolute Gasteiger partial charge is 0.443 e. The second kappa shape index (κ2) is 6.98. The van der Waals surface area contributed by atoms with E-state index in [9.17, 15) is 4.79 Å². The van der Waals surface area contributed by atoms with Gasteiger partial charge in [-0.25, -0.2) is 19.7 Å². The Morgan fingerprint density at radius 2 is 1.59 bits per heavy atom. The summed E-state index contributed by atoms with van der Waals surface area (Å²) in [6.45, 7) is 10.8. The fourth-order valence-corrected chi connectivity index (χ4v) is 1.68. The topological polar surface area (TPSA) is 64.5 Å². The van der Waals surface area contributed by atoms with E-state index < -0.39 is 17.3 Å². The number of hydrogen-bond acceptors (Lipinski definition) is 5. The standard InChI is InChI=1S/C14H21Cl2N3O3/c1-13(2,3)21-8-19(12(20)22-14(4,5)6)11-17-9(15)7-10(16)18-11/h7H,8H2,1-6H3. The maximum absolute atomic E-state index is 12.4. The second-order valence-electron chi connectivity index (χ2n) is 6.61. The molecule has 1 aromatic heterocycles. The molecule has 8 heteroatoms. The minimum Gasteiger partial charge on any atom is -0.443 e. The molecule has 0 aliphatic heterocycles. The Bertz CT molecular complexity index is 519. The van der Waals surface area contributed by atoms with Crippen molar-refractivity contribution in [2.45, 2.75) is 52.7 Å². The fourth-order valence-electron chi connectivity index (χ4n) is 1.27. The molecule has 0 spiro atoms. The Kier molecular flexibility index (Phi) is 6.01. The molecule has 22 heavy (non-hydrogen) atoms. The average Bonchev–Trinajstić information content (AvgIpc) is 2.23. The first-order chi connectivity index (χ1) is 9.87. The molecule has 1 heterocycles. The van der Waals surface area contributed by atoms with Crippen LogP contribution in [-0.4, -0.2) is 34.0 Å². The van der Waals surface area contributed by atoms with Gasteiger partial charge in [0.05, 0.1) is 5.60 Å². The summed E-state index contributed by atoms with van der Waals surface area (Å²) in [5.74, 6) is 0.0241. The van der Waals surface area contributed by atoms with Crippen LogP contribution < -0.4 is 4.90 Å². The van der Waals surface area contributed by atoms with Crippen molar-refractivity contribution < 1.29 is 14.3 Å². The van der Waals surface area contributed by atoms with E-state index in [-0.39, 0.29) is 23.0 Å². The molecule has 0 aromatic carbocycles. The number of carbonyl (C=O) groups is 1. The Morgan fingerprint density at radius 3 is 2.00 bits per heavy atom. The third kappa shape index (κ3) is 6.77. The zero-order valence-electron chi connectivity index (χ0n) is 13.6. The van der Waals surface area contributed by atoms with Crippen molar-refractivity contribution in [2.75, 3.05) is 11.6 Å². The molecular weight excluding hydrogens is 329 g/mol. The number of amides is 1. The Labute approximate surface area is 140 Å². The highest BCUT2D eigenvalue weighted by atomic mass is 35.5. The number of nitrogens with zero attached hydrogens (tertiary/aromatic N) is 3. The maximum atomic E-state index is 12.4. The molecule has 1 amide bonds. The Hall–Kier alpha value is -1.11. The molecule has 0 aliphatic carbocycles. The van der Waals surface area contributed by atoms with E-state index in [1.165, 1.54) is 6.07 Å². The summed E-state index contributed by atoms with van der Waals surface area (Å²) < 4.78 is 11.0. The predicted octanol–water partition coefficient (Wildman–Crippen LogP) is 4.30. The lowest BCUT2D eigenvalue weighted by atomic mass is 10.2. The minimum atomic E-state index is -0.667. The molecular formula is C14H21Cl2N3O3. The van der Waals surface area contributed by atoms with Crippen LogP contribution in [0.15, 0.2) is 6.07 Å². The highest BCUT2D eigenvalue weighted by Gasteiger charge is 2.27. The number of ether oxygens (including phenoxy) is 2. The van der Waals surface area contributed by atoms with E-state index in [0.29, 0.717) is 0 Å². The summed E-state index contributed by atoms with van der Waals surface area (Å²) in [5, 5.41) is 0.249. The van der Waals surface area contributed by atoms with Gasteiger partial charge in [0.25, 0.3) is 0 Å². The van der Waals surface area contributed by atoms with Crippen molar-refractivity contribution >= 4 is 35.2 Å². The fraction of sp³-hybridized carbons (Fsp3) is 0.643. The number of aromatic nitrogens is 2. The molecule has 0 N–H and O–H groups in total. The molecule has 1 aromatic rings. The van der Waals surface area contributed by atoms with Gasteiger partial charge in [-0.15, -0.1) is 0 Å². The molecule has 0 saturated carbocycles. The molecule has 0 radical (unpaired) electrons. The minimum absolute atomic E-state index is 0.0241. The van der Waals surface area contributed by atoms with E-state index in [1.54, 1.807) is 20.8 Å². The van der Waals surface area contributed by atoms with E-state index in [1.807, 2.05) is 20.8 Å². The first-order valence-electron chi connectivity index (χ1n) is 6.72. The van der Waals surface area contributed by atoms with Crippen LogP contribution in [-0.2, 0) is 9.47 Å². The third-order valence-electron chi connectivity index (χ3n) is 2.13. The summed E-state index contributed by atoms with van der Waals surface area (Å²) in [5.41, 5.74) is -1.12. The Balaban J connectivity index is 3.07. The van der Waals surface area contributed by atoms with Gasteiger partial charge in [0, 0.05) is 6.07 Å². The number of rotatable bonds is 3. The van der Waals surface area contributed by atoms with Gasteiger partial charge in [-0.05, 0) is 41.5 Å². The monoisotopic (exact) mass is 349 g/mol. The zero-order valence-corrected chi connectivity index (χ0v) is 15.1. The van der Waals surface area contributed by atoms with Gasteiger partial charge in [0.15, 0.2) is 0 Å². The number of halogens is 2. The molecule has 124 valence electrons. The lowest BCUT2D eigenvalue weighted by molar-refractivity contribution is -0.00795. The van der Waals surface area contributed by atoms with Gasteiger partial charge in [-0.3, -0.25) is 0 Å². The van der Waals surface area contributed by atoms with Crippen molar-refractivity contribution in [1.29, 1.82) is 0 Å². The SMILES string of the molecule is CC(C)(C)OCN(C(=O)OC(C)(C)C)c1nc(Cl)cc(Cl)n1. The van der Waals surface area contributed by atoms with Gasteiger partial charge in [-0.2, -0.15) is 0 Å². The second-order valence-corrected chi connectivity index (χ2v) is 7.38. The molecule has 1 rings (SSSR count). The van der Waals surface area contributed by atoms with Crippen LogP contribution in [0.5, 0.6) is 0 Å². The van der Waals surface area contributed by atoms with Crippen LogP contribution in [0.1, 0.15) is 41.5 Å². The molecule has 0 aliphatic rings. The quantitative estimate of drug-likeness (QED) is 0.601. The first-order valence-corrected chi connectivity index (χ1v) is 7.47. The van der Waals surface area contributed by atoms with Crippen LogP contribution in [0.25, 0.3) is 0 Å². The van der Waals surface area contributed by atoms with E-state index in [4.69, 9.17) is 32.7 Å². The molecule has 0 bridgehead atoms. The third-order valence-corrected chi connectivity index (χ3v) is 2.52. The zero-order chi connectivity index (χ0) is 17.1. The summed E-state index contributed by atoms with van der Waals surface area (Å²) in [7, 11) is 0. The van der Waals surface area contributed by atoms with Crippen LogP contribution in [0.2, 0.25) is 10.3 Å². The summed E-state index contributed by atoms with van der Waals surface area (Å²) in [6.07, 6.45) is -0.643. The van der Waals surface area contributed by atoms with E-state index >= 15 is 0 Å². The van der Waals surface area contributed by atoms with E-state index in [2.05, 4.69) is 9.97 Å². The van der Waals surface area contributed by atoms with Crippen LogP contribution in [0, 0.1) is 0 Å². The van der Waals surface area contributed by atoms with Crippen LogP contribution >= 0.6 is 23.2 Å². The molecule has 0 atom stereocenters. The number of carbonyl (C=O) groups excluding carboxylic acids is 1. The molecule has 0 saturated heterocycles. The van der Waals surface area contributed by atoms with Gasteiger partial charge in [-0.1, -0.05) is 23.2 Å². The lowest BCUT2D eigenvalue weighted by Gasteiger charge is -2.28. The van der Waals surface area contributed by atoms with Gasteiger partial charge < -0.3 is 9.47 Å². The summed E-state index contributed by atoms with van der Waals surface area (Å²) >= 11 is 11.7.